The van der Waals surface area contributed by atoms with Crippen molar-refractivity contribution in [2.24, 2.45) is 0 Å². The molecule has 0 N–H and O–H groups in total. The molecule has 1 aromatic heterocycles. The van der Waals surface area contributed by atoms with Crippen molar-refractivity contribution in [2.45, 2.75) is 6.92 Å². The van der Waals surface area contributed by atoms with E-state index in [2.05, 4.69) is 83.8 Å². The summed E-state index contributed by atoms with van der Waals surface area (Å²) in [4.78, 5) is 20.0. The van der Waals surface area contributed by atoms with E-state index in [1.54, 1.807) is 12.1 Å². The summed E-state index contributed by atoms with van der Waals surface area (Å²) in [5, 5.41) is 3.38. The van der Waals surface area contributed by atoms with Gasteiger partial charge in [-0.3, -0.25) is 0 Å². The quantitative estimate of drug-likeness (QED) is 0.188. The summed E-state index contributed by atoms with van der Waals surface area (Å²) in [5.41, 5.74) is 8.14. The summed E-state index contributed by atoms with van der Waals surface area (Å²) in [5.74, 6) is 1.24. The van der Waals surface area contributed by atoms with Crippen LogP contribution in [0.5, 0.6) is 11.5 Å². The first-order chi connectivity index (χ1) is 22.2. The second-order valence-electron chi connectivity index (χ2n) is 10.9. The van der Waals surface area contributed by atoms with Gasteiger partial charge in [0.05, 0.1) is 40.4 Å². The lowest BCUT2D eigenvalue weighted by molar-refractivity contribution is 0.0526. The maximum Gasteiger partial charge on any atom is 0.338 e. The Bertz CT molecular complexity index is 2190. The summed E-state index contributed by atoms with van der Waals surface area (Å²) in [6, 6.07) is 47.1. The summed E-state index contributed by atoms with van der Waals surface area (Å²) in [7, 11) is 0. The first-order valence-corrected chi connectivity index (χ1v) is 15.0. The zero-order valence-electron chi connectivity index (χ0n) is 24.6. The molecule has 5 nitrogen and oxygen atoms in total. The first-order valence-electron chi connectivity index (χ1n) is 15.0. The molecule has 5 heteroatoms. The van der Waals surface area contributed by atoms with Gasteiger partial charge in [-0.1, -0.05) is 91.0 Å². The Labute approximate surface area is 260 Å². The Balaban J connectivity index is 1.41. The number of fused-ring (bicyclic) bond motifs is 4. The number of esters is 1. The number of nitrogens with zero attached hydrogens (tertiary/aromatic N) is 2. The van der Waals surface area contributed by atoms with Crippen LogP contribution in [0.1, 0.15) is 17.3 Å². The zero-order chi connectivity index (χ0) is 30.3. The van der Waals surface area contributed by atoms with Crippen molar-refractivity contribution in [3.63, 3.8) is 0 Å². The van der Waals surface area contributed by atoms with Crippen LogP contribution in [0.15, 0.2) is 140 Å². The molecular formula is C40H28N2O3. The lowest BCUT2D eigenvalue weighted by atomic mass is 9.93. The molecule has 6 aromatic carbocycles. The molecule has 7 aromatic rings. The third kappa shape index (κ3) is 4.57. The molecule has 0 spiro atoms. The van der Waals surface area contributed by atoms with Gasteiger partial charge in [-0.25, -0.2) is 9.78 Å². The topological polar surface area (TPSA) is 51.7 Å². The van der Waals surface area contributed by atoms with Crippen LogP contribution in [0, 0.1) is 0 Å². The molecule has 0 radical (unpaired) electrons. The molecular weight excluding hydrogens is 556 g/mol. The normalized spacial score (nSPS) is 12.0. The predicted molar refractivity (Wildman–Crippen MR) is 181 cm³/mol. The van der Waals surface area contributed by atoms with Crippen molar-refractivity contribution in [2.75, 3.05) is 11.5 Å². The lowest BCUT2D eigenvalue weighted by Crippen LogP contribution is -2.16. The molecule has 0 saturated heterocycles. The van der Waals surface area contributed by atoms with Crippen molar-refractivity contribution in [1.29, 1.82) is 0 Å². The van der Waals surface area contributed by atoms with E-state index < -0.39 is 0 Å². The van der Waals surface area contributed by atoms with E-state index in [0.29, 0.717) is 12.2 Å². The average molecular weight is 585 g/mol. The molecule has 0 amide bonds. The van der Waals surface area contributed by atoms with E-state index in [-0.39, 0.29) is 5.97 Å². The molecule has 0 fully saturated rings. The number of rotatable bonds is 5. The molecule has 0 unspecified atom stereocenters. The second kappa shape index (κ2) is 11.0. The Hall–Kier alpha value is -5.94. The minimum Gasteiger partial charge on any atom is -0.462 e. The molecule has 0 saturated carbocycles. The molecule has 45 heavy (non-hydrogen) atoms. The van der Waals surface area contributed by atoms with Gasteiger partial charge in [-0.05, 0) is 77.4 Å². The fourth-order valence-corrected chi connectivity index (χ4v) is 6.20. The molecule has 8 rings (SSSR count). The van der Waals surface area contributed by atoms with Gasteiger partial charge >= 0.3 is 5.97 Å². The largest absolute Gasteiger partial charge is 0.462 e. The minimum atomic E-state index is -0.334. The average Bonchev–Trinajstić information content (AvgIpc) is 3.10. The van der Waals surface area contributed by atoms with Gasteiger partial charge in [0.1, 0.15) is 0 Å². The Kier molecular flexibility index (Phi) is 6.50. The SMILES string of the molecule is CCOC(=O)c1ccc(-c2cc(-c3cccc4ccccc34)c3cccc(N4c5ccccc5Oc5ccccc54)c3n2)cc1. The van der Waals surface area contributed by atoms with Gasteiger partial charge in [0.15, 0.2) is 11.5 Å². The molecule has 0 bridgehead atoms. The lowest BCUT2D eigenvalue weighted by Gasteiger charge is -2.33. The predicted octanol–water partition coefficient (Wildman–Crippen LogP) is 10.5. The van der Waals surface area contributed by atoms with Gasteiger partial charge < -0.3 is 14.4 Å². The Morgan fingerprint density at radius 2 is 1.29 bits per heavy atom. The number of aromatic nitrogens is 1. The minimum absolute atomic E-state index is 0.331. The number of ether oxygens (including phenoxy) is 2. The maximum absolute atomic E-state index is 12.4. The summed E-state index contributed by atoms with van der Waals surface area (Å²) < 4.78 is 11.5. The molecule has 216 valence electrons. The number of pyridine rings is 1. The first kappa shape index (κ1) is 26.7. The van der Waals surface area contributed by atoms with E-state index in [0.717, 1.165) is 61.8 Å². The molecule has 1 aliphatic heterocycles. The highest BCUT2D eigenvalue weighted by Crippen LogP contribution is 2.52. The van der Waals surface area contributed by atoms with Crippen molar-refractivity contribution < 1.29 is 14.3 Å². The third-order valence-corrected chi connectivity index (χ3v) is 8.26. The summed E-state index contributed by atoms with van der Waals surface area (Å²) >= 11 is 0. The van der Waals surface area contributed by atoms with Crippen LogP contribution in [0.25, 0.3) is 44.1 Å². The number of carbonyl (C=O) groups is 1. The number of carbonyl (C=O) groups excluding carboxylic acids is 1. The van der Waals surface area contributed by atoms with Crippen LogP contribution in [-0.2, 0) is 4.74 Å². The van der Waals surface area contributed by atoms with Gasteiger partial charge in [-0.15, -0.1) is 0 Å². The van der Waals surface area contributed by atoms with Gasteiger partial charge in [-0.2, -0.15) is 0 Å². The summed E-state index contributed by atoms with van der Waals surface area (Å²) in [6.45, 7) is 2.14. The van der Waals surface area contributed by atoms with E-state index in [1.165, 1.54) is 10.8 Å². The molecule has 2 heterocycles. The second-order valence-corrected chi connectivity index (χ2v) is 10.9. The van der Waals surface area contributed by atoms with Crippen molar-refractivity contribution in [3.8, 4) is 33.9 Å². The van der Waals surface area contributed by atoms with E-state index >= 15 is 0 Å². The standard InChI is InChI=1S/C40H28N2O3/c1-2-44-40(43)28-23-21-27(22-24-28)33-25-32(30-14-9-12-26-11-3-4-13-29(26)30)31-15-10-18-36(39(31)41-33)42-34-16-5-7-19-37(34)45-38-20-8-6-17-35(38)42/h3-25H,2H2,1H3. The van der Waals surface area contributed by atoms with Crippen LogP contribution < -0.4 is 9.64 Å². The fraction of sp³-hybridized carbons (Fsp3) is 0.0500. The number of hydrogen-bond donors (Lipinski definition) is 0. The van der Waals surface area contributed by atoms with E-state index in [9.17, 15) is 4.79 Å². The van der Waals surface area contributed by atoms with Crippen LogP contribution in [-0.4, -0.2) is 17.6 Å². The highest BCUT2D eigenvalue weighted by Gasteiger charge is 2.27. The Morgan fingerprint density at radius 3 is 2.04 bits per heavy atom. The van der Waals surface area contributed by atoms with Crippen molar-refractivity contribution >= 4 is 44.7 Å². The van der Waals surface area contributed by atoms with Crippen LogP contribution in [0.4, 0.5) is 17.1 Å². The maximum atomic E-state index is 12.4. The summed E-state index contributed by atoms with van der Waals surface area (Å²) in [6.07, 6.45) is 0. The van der Waals surface area contributed by atoms with Gasteiger partial charge in [0, 0.05) is 10.9 Å². The van der Waals surface area contributed by atoms with Crippen molar-refractivity contribution in [1.82, 2.24) is 4.98 Å². The third-order valence-electron chi connectivity index (χ3n) is 8.26. The van der Waals surface area contributed by atoms with Crippen LogP contribution in [0.2, 0.25) is 0 Å². The molecule has 1 aliphatic rings. The van der Waals surface area contributed by atoms with Crippen molar-refractivity contribution in [3.05, 3.63) is 145 Å². The van der Waals surface area contributed by atoms with Crippen LogP contribution >= 0.6 is 0 Å². The number of hydrogen-bond acceptors (Lipinski definition) is 5. The van der Waals surface area contributed by atoms with E-state index in [1.807, 2.05) is 55.5 Å². The van der Waals surface area contributed by atoms with Crippen LogP contribution in [0.3, 0.4) is 0 Å². The van der Waals surface area contributed by atoms with Gasteiger partial charge in [0.2, 0.25) is 0 Å². The molecule has 0 aliphatic carbocycles. The van der Waals surface area contributed by atoms with Gasteiger partial charge in [0.25, 0.3) is 0 Å². The van der Waals surface area contributed by atoms with E-state index in [4.69, 9.17) is 14.5 Å². The zero-order valence-corrected chi connectivity index (χ0v) is 24.6. The molecule has 0 atom stereocenters. The fourth-order valence-electron chi connectivity index (χ4n) is 6.20. The number of para-hydroxylation sites is 5. The smallest absolute Gasteiger partial charge is 0.338 e. The highest BCUT2D eigenvalue weighted by molar-refractivity contribution is 6.10. The number of anilines is 3. The number of benzene rings is 6. The highest BCUT2D eigenvalue weighted by atomic mass is 16.5. The Morgan fingerprint density at radius 1 is 0.667 bits per heavy atom. The monoisotopic (exact) mass is 584 g/mol.